The molecule has 112 valence electrons. The van der Waals surface area contributed by atoms with Gasteiger partial charge in [-0.2, -0.15) is 0 Å². The zero-order chi connectivity index (χ0) is 15.4. The first-order chi connectivity index (χ1) is 10.0. The molecular formula is C17H20FNO2. The molecule has 1 N–H and O–H groups in total. The SMILES string of the molecule is COc1ccc(C(C)O)cc1CN(C)c1cccc(F)c1. The van der Waals surface area contributed by atoms with E-state index in [1.165, 1.54) is 12.1 Å². The fraction of sp³-hybridized carbons (Fsp3) is 0.294. The van der Waals surface area contributed by atoms with Crippen molar-refractivity contribution >= 4 is 5.69 Å². The van der Waals surface area contributed by atoms with Gasteiger partial charge in [-0.3, -0.25) is 0 Å². The Morgan fingerprint density at radius 2 is 2.00 bits per heavy atom. The zero-order valence-electron chi connectivity index (χ0n) is 12.5. The van der Waals surface area contributed by atoms with E-state index in [4.69, 9.17) is 4.74 Å². The number of ether oxygens (including phenoxy) is 1. The first-order valence-electron chi connectivity index (χ1n) is 6.83. The Kier molecular flexibility index (Phi) is 4.81. The summed E-state index contributed by atoms with van der Waals surface area (Å²) in [7, 11) is 3.51. The van der Waals surface area contributed by atoms with Gasteiger partial charge >= 0.3 is 0 Å². The van der Waals surface area contributed by atoms with Crippen LogP contribution in [0.5, 0.6) is 5.75 Å². The van der Waals surface area contributed by atoms with Crippen molar-refractivity contribution in [3.05, 3.63) is 59.4 Å². The number of aliphatic hydroxyl groups is 1. The molecule has 0 amide bonds. The Labute approximate surface area is 124 Å². The molecule has 0 saturated heterocycles. The molecule has 2 rings (SSSR count). The number of methoxy groups -OCH3 is 1. The molecule has 0 radical (unpaired) electrons. The summed E-state index contributed by atoms with van der Waals surface area (Å²) in [5.74, 6) is 0.492. The van der Waals surface area contributed by atoms with E-state index >= 15 is 0 Å². The average Bonchev–Trinajstić information content (AvgIpc) is 2.47. The van der Waals surface area contributed by atoms with Crippen LogP contribution in [0.3, 0.4) is 0 Å². The third-order valence-electron chi connectivity index (χ3n) is 3.44. The van der Waals surface area contributed by atoms with E-state index in [0.29, 0.717) is 6.54 Å². The van der Waals surface area contributed by atoms with Crippen molar-refractivity contribution in [2.45, 2.75) is 19.6 Å². The summed E-state index contributed by atoms with van der Waals surface area (Å²) in [4.78, 5) is 1.94. The number of rotatable bonds is 5. The summed E-state index contributed by atoms with van der Waals surface area (Å²) >= 11 is 0. The van der Waals surface area contributed by atoms with Crippen LogP contribution in [0.15, 0.2) is 42.5 Å². The van der Waals surface area contributed by atoms with Gasteiger partial charge in [0.2, 0.25) is 0 Å². The lowest BCUT2D eigenvalue weighted by atomic mass is 10.1. The number of halogens is 1. The lowest BCUT2D eigenvalue weighted by Gasteiger charge is -2.21. The molecule has 0 aliphatic carbocycles. The highest BCUT2D eigenvalue weighted by Gasteiger charge is 2.11. The topological polar surface area (TPSA) is 32.7 Å². The third kappa shape index (κ3) is 3.73. The Morgan fingerprint density at radius 1 is 1.24 bits per heavy atom. The zero-order valence-corrected chi connectivity index (χ0v) is 12.5. The lowest BCUT2D eigenvalue weighted by molar-refractivity contribution is 0.199. The predicted octanol–water partition coefficient (Wildman–Crippen LogP) is 3.52. The van der Waals surface area contributed by atoms with Crippen molar-refractivity contribution in [2.75, 3.05) is 19.1 Å². The second-order valence-electron chi connectivity index (χ2n) is 5.08. The van der Waals surface area contributed by atoms with E-state index in [-0.39, 0.29) is 5.82 Å². The van der Waals surface area contributed by atoms with Gasteiger partial charge in [-0.05, 0) is 42.8 Å². The fourth-order valence-electron chi connectivity index (χ4n) is 2.24. The van der Waals surface area contributed by atoms with Gasteiger partial charge in [-0.1, -0.05) is 12.1 Å². The monoisotopic (exact) mass is 289 g/mol. The Balaban J connectivity index is 2.27. The summed E-state index contributed by atoms with van der Waals surface area (Å²) in [6.45, 7) is 2.29. The Hall–Kier alpha value is -2.07. The molecule has 0 fully saturated rings. The van der Waals surface area contributed by atoms with Gasteiger partial charge in [0.05, 0.1) is 13.2 Å². The van der Waals surface area contributed by atoms with Crippen molar-refractivity contribution in [1.29, 1.82) is 0 Å². The summed E-state index contributed by atoms with van der Waals surface area (Å²) in [6, 6.07) is 12.1. The minimum absolute atomic E-state index is 0.260. The van der Waals surface area contributed by atoms with Crippen LogP contribution >= 0.6 is 0 Å². The standard InChI is InChI=1S/C17H20FNO2/c1-12(20)13-7-8-17(21-3)14(9-13)11-19(2)16-6-4-5-15(18)10-16/h4-10,12,20H,11H2,1-3H3. The second-order valence-corrected chi connectivity index (χ2v) is 5.08. The number of benzene rings is 2. The van der Waals surface area contributed by atoms with E-state index in [1.54, 1.807) is 20.1 Å². The van der Waals surface area contributed by atoms with E-state index in [9.17, 15) is 9.50 Å². The van der Waals surface area contributed by atoms with Crippen LogP contribution in [0.25, 0.3) is 0 Å². The largest absolute Gasteiger partial charge is 0.496 e. The van der Waals surface area contributed by atoms with Crippen molar-refractivity contribution in [2.24, 2.45) is 0 Å². The molecule has 0 heterocycles. The van der Waals surface area contributed by atoms with Gasteiger partial charge in [0.1, 0.15) is 11.6 Å². The highest BCUT2D eigenvalue weighted by molar-refractivity contribution is 5.48. The fourth-order valence-corrected chi connectivity index (χ4v) is 2.24. The van der Waals surface area contributed by atoms with E-state index < -0.39 is 6.10 Å². The smallest absolute Gasteiger partial charge is 0.125 e. The van der Waals surface area contributed by atoms with Crippen molar-refractivity contribution in [1.82, 2.24) is 0 Å². The van der Waals surface area contributed by atoms with Gasteiger partial charge in [-0.15, -0.1) is 0 Å². The Bertz CT molecular complexity index is 613. The normalized spacial score (nSPS) is 12.0. The van der Waals surface area contributed by atoms with Crippen molar-refractivity contribution in [3.63, 3.8) is 0 Å². The number of hydrogen-bond donors (Lipinski definition) is 1. The quantitative estimate of drug-likeness (QED) is 0.914. The van der Waals surface area contributed by atoms with Crippen LogP contribution in [0.2, 0.25) is 0 Å². The lowest BCUT2D eigenvalue weighted by Crippen LogP contribution is -2.17. The van der Waals surface area contributed by atoms with Crippen LogP contribution in [-0.4, -0.2) is 19.3 Å². The second kappa shape index (κ2) is 6.59. The van der Waals surface area contributed by atoms with Gasteiger partial charge in [0.25, 0.3) is 0 Å². The van der Waals surface area contributed by atoms with Crippen molar-refractivity contribution in [3.8, 4) is 5.75 Å². The molecule has 2 aromatic rings. The van der Waals surface area contributed by atoms with Gasteiger partial charge < -0.3 is 14.7 Å². The third-order valence-corrected chi connectivity index (χ3v) is 3.44. The number of aliphatic hydroxyl groups excluding tert-OH is 1. The summed E-state index contributed by atoms with van der Waals surface area (Å²) in [6.07, 6.45) is -0.533. The molecule has 1 unspecified atom stereocenters. The Morgan fingerprint density at radius 3 is 2.62 bits per heavy atom. The molecule has 0 bridgehead atoms. The highest BCUT2D eigenvalue weighted by atomic mass is 19.1. The van der Waals surface area contributed by atoms with Crippen LogP contribution < -0.4 is 9.64 Å². The van der Waals surface area contributed by atoms with Crippen LogP contribution in [0.1, 0.15) is 24.2 Å². The van der Waals surface area contributed by atoms with Gasteiger partial charge in [0.15, 0.2) is 0 Å². The van der Waals surface area contributed by atoms with E-state index in [0.717, 1.165) is 22.6 Å². The minimum atomic E-state index is -0.533. The maximum atomic E-state index is 13.3. The van der Waals surface area contributed by atoms with Gasteiger partial charge in [-0.25, -0.2) is 4.39 Å². The molecule has 4 heteroatoms. The predicted molar refractivity (Wildman–Crippen MR) is 82.1 cm³/mol. The molecule has 0 aromatic heterocycles. The summed E-state index contributed by atoms with van der Waals surface area (Å²) < 4.78 is 18.7. The summed E-state index contributed by atoms with van der Waals surface area (Å²) in [5, 5.41) is 9.70. The van der Waals surface area contributed by atoms with Crippen LogP contribution in [0, 0.1) is 5.82 Å². The van der Waals surface area contributed by atoms with E-state index in [1.807, 2.05) is 36.2 Å². The average molecular weight is 289 g/mol. The molecule has 21 heavy (non-hydrogen) atoms. The number of anilines is 1. The molecular weight excluding hydrogens is 269 g/mol. The molecule has 0 spiro atoms. The number of nitrogens with zero attached hydrogens (tertiary/aromatic N) is 1. The van der Waals surface area contributed by atoms with Crippen molar-refractivity contribution < 1.29 is 14.2 Å². The molecule has 2 aromatic carbocycles. The molecule has 0 aliphatic heterocycles. The molecule has 0 aliphatic rings. The van der Waals surface area contributed by atoms with E-state index in [2.05, 4.69) is 0 Å². The maximum absolute atomic E-state index is 13.3. The maximum Gasteiger partial charge on any atom is 0.125 e. The first-order valence-corrected chi connectivity index (χ1v) is 6.83. The molecule has 1 atom stereocenters. The summed E-state index contributed by atoms with van der Waals surface area (Å²) in [5.41, 5.74) is 2.57. The first kappa shape index (κ1) is 15.3. The van der Waals surface area contributed by atoms with Crippen LogP contribution in [0.4, 0.5) is 10.1 Å². The van der Waals surface area contributed by atoms with Gasteiger partial charge in [0, 0.05) is 24.8 Å². The minimum Gasteiger partial charge on any atom is -0.496 e. The molecule has 3 nitrogen and oxygen atoms in total. The van der Waals surface area contributed by atoms with Crippen LogP contribution in [-0.2, 0) is 6.54 Å². The molecule has 0 saturated carbocycles. The highest BCUT2D eigenvalue weighted by Crippen LogP contribution is 2.26. The number of hydrogen-bond acceptors (Lipinski definition) is 3.